The first-order valence-electron chi connectivity index (χ1n) is 16.0. The molecule has 1 aromatic heterocycles. The molecule has 2 aliphatic heterocycles. The summed E-state index contributed by atoms with van der Waals surface area (Å²) in [6, 6.07) is 26.9. The minimum atomic E-state index is -1.20. The number of nitrogens with zero attached hydrogens (tertiary/aromatic N) is 3. The number of ether oxygens (including phenoxy) is 2. The fourth-order valence-corrected chi connectivity index (χ4v) is 7.76. The number of fused-ring (bicyclic) bond motifs is 1. The van der Waals surface area contributed by atoms with Gasteiger partial charge in [0.25, 0.3) is 5.91 Å². The van der Waals surface area contributed by atoms with Gasteiger partial charge in [-0.05, 0) is 16.7 Å². The van der Waals surface area contributed by atoms with Crippen molar-refractivity contribution >= 4 is 64.1 Å². The molecule has 6 rings (SSSR count). The maximum absolute atomic E-state index is 13.9. The Morgan fingerprint density at radius 2 is 1.67 bits per heavy atom. The highest BCUT2D eigenvalue weighted by Crippen LogP contribution is 2.44. The van der Waals surface area contributed by atoms with E-state index in [0.29, 0.717) is 6.41 Å². The van der Waals surface area contributed by atoms with Gasteiger partial charge in [0.05, 0.1) is 0 Å². The van der Waals surface area contributed by atoms with E-state index in [9.17, 15) is 24.0 Å². The average Bonchev–Trinajstić information content (AvgIpc) is 3.65. The van der Waals surface area contributed by atoms with Crippen LogP contribution in [0.5, 0.6) is 0 Å². The molecule has 2 aliphatic rings. The van der Waals surface area contributed by atoms with Gasteiger partial charge < -0.3 is 29.8 Å². The van der Waals surface area contributed by atoms with Crippen molar-refractivity contribution in [2.75, 3.05) is 24.2 Å². The van der Waals surface area contributed by atoms with E-state index in [2.05, 4.69) is 27.4 Å². The Balaban J connectivity index is 1.11. The van der Waals surface area contributed by atoms with Crippen molar-refractivity contribution in [3.8, 4) is 0 Å². The number of anilines is 1. The summed E-state index contributed by atoms with van der Waals surface area (Å²) in [5, 5.41) is 10.1. The summed E-state index contributed by atoms with van der Waals surface area (Å²) in [7, 11) is 0. The van der Waals surface area contributed by atoms with E-state index < -0.39 is 53.3 Å². The first kappa shape index (κ1) is 36.0. The van der Waals surface area contributed by atoms with Gasteiger partial charge in [-0.2, -0.15) is 0 Å². The van der Waals surface area contributed by atoms with Crippen molar-refractivity contribution in [2.24, 2.45) is 10.6 Å². The molecule has 3 heterocycles. The van der Waals surface area contributed by atoms with Gasteiger partial charge in [0.2, 0.25) is 18.9 Å². The number of thioether (sulfide) groups is 1. The Kier molecular flexibility index (Phi) is 11.4. The number of rotatable bonds is 15. The maximum atomic E-state index is 13.9. The van der Waals surface area contributed by atoms with E-state index in [1.54, 1.807) is 12.1 Å². The zero-order chi connectivity index (χ0) is 36.5. The smallest absolute Gasteiger partial charge is 0.347 e. The molecular formula is C37H33N5O8S2. The highest BCUT2D eigenvalue weighted by molar-refractivity contribution is 8.00. The number of amides is 3. The quantitative estimate of drug-likeness (QED) is 0.0453. The Morgan fingerprint density at radius 3 is 2.31 bits per heavy atom. The van der Waals surface area contributed by atoms with Crippen molar-refractivity contribution in [2.45, 2.75) is 24.1 Å². The number of carbonyl (C=O) groups excluding carboxylic acids is 5. The van der Waals surface area contributed by atoms with Gasteiger partial charge in [0.15, 0.2) is 16.9 Å². The number of carbonyl (C=O) groups is 5. The molecule has 3 amide bonds. The molecule has 0 saturated carbocycles. The number of hydrogen-bond donors (Lipinski definition) is 2. The molecule has 3 atom stereocenters. The van der Waals surface area contributed by atoms with Gasteiger partial charge in [0, 0.05) is 17.7 Å². The van der Waals surface area contributed by atoms with Crippen LogP contribution in [-0.4, -0.2) is 76.1 Å². The van der Waals surface area contributed by atoms with Crippen LogP contribution in [0.1, 0.15) is 28.5 Å². The van der Waals surface area contributed by atoms with Crippen LogP contribution in [0.3, 0.4) is 0 Å². The number of thiazole rings is 1. The molecule has 266 valence electrons. The van der Waals surface area contributed by atoms with E-state index in [1.165, 1.54) is 28.1 Å². The highest BCUT2D eigenvalue weighted by Gasteiger charge is 2.57. The van der Waals surface area contributed by atoms with Crippen molar-refractivity contribution in [3.05, 3.63) is 131 Å². The molecule has 52 heavy (non-hydrogen) atoms. The number of β-lactam (4-membered cyclic amide) rings is 1. The molecule has 2 unspecified atom stereocenters. The second-order valence-corrected chi connectivity index (χ2v) is 13.7. The van der Waals surface area contributed by atoms with E-state index in [0.717, 1.165) is 28.0 Å². The van der Waals surface area contributed by atoms with Crippen molar-refractivity contribution in [3.63, 3.8) is 0 Å². The Morgan fingerprint density at radius 1 is 1.02 bits per heavy atom. The second kappa shape index (κ2) is 16.5. The SMILES string of the molecule is C=CC1(C(=O)OC(c2ccccc2)c2ccccc2)CS[C@@H]2C(NC(=O)C(=NOCC(=O)OCc3ccccc3)c3csc(NC=O)n3)C(=O)N2C1. The zero-order valence-corrected chi connectivity index (χ0v) is 29.2. The van der Waals surface area contributed by atoms with Crippen LogP contribution < -0.4 is 10.6 Å². The summed E-state index contributed by atoms with van der Waals surface area (Å²) in [5.41, 5.74) is 0.892. The number of aromatic nitrogens is 1. The lowest BCUT2D eigenvalue weighted by molar-refractivity contribution is -0.162. The van der Waals surface area contributed by atoms with Crippen molar-refractivity contribution < 1.29 is 38.3 Å². The summed E-state index contributed by atoms with van der Waals surface area (Å²) < 4.78 is 11.4. The number of esters is 2. The third-order valence-corrected chi connectivity index (χ3v) is 10.7. The lowest BCUT2D eigenvalue weighted by atomic mass is 9.87. The van der Waals surface area contributed by atoms with Crippen LogP contribution in [0.25, 0.3) is 0 Å². The van der Waals surface area contributed by atoms with E-state index in [4.69, 9.17) is 14.3 Å². The molecule has 15 heteroatoms. The fourth-order valence-electron chi connectivity index (χ4n) is 5.58. The van der Waals surface area contributed by atoms with Crippen LogP contribution in [0.4, 0.5) is 5.13 Å². The van der Waals surface area contributed by atoms with Crippen molar-refractivity contribution in [1.29, 1.82) is 0 Å². The van der Waals surface area contributed by atoms with Gasteiger partial charge in [0.1, 0.15) is 29.1 Å². The topological polar surface area (TPSA) is 166 Å². The normalized spacial score (nSPS) is 19.4. The summed E-state index contributed by atoms with van der Waals surface area (Å²) in [6.07, 6.45) is 1.28. The molecule has 0 spiro atoms. The van der Waals surface area contributed by atoms with Gasteiger partial charge in [-0.25, -0.2) is 9.78 Å². The van der Waals surface area contributed by atoms with Crippen molar-refractivity contribution in [1.82, 2.24) is 15.2 Å². The lowest BCUT2D eigenvalue weighted by Crippen LogP contribution is -2.73. The Labute approximate surface area is 307 Å². The van der Waals surface area contributed by atoms with E-state index in [1.807, 2.05) is 78.9 Å². The first-order valence-corrected chi connectivity index (χ1v) is 18.0. The van der Waals surface area contributed by atoms with Gasteiger partial charge >= 0.3 is 11.9 Å². The molecule has 0 bridgehead atoms. The standard InChI is InChI=1S/C37H33N5O8S2/c1-2-37(35(47)50-31(25-14-8-4-9-15-25)26-16-10-5-11-17-26)21-42-33(46)30(34(42)52-22-37)40-32(45)29(27-20-51-36(39-27)38-23-43)41-49-19-28(44)48-18-24-12-6-3-7-13-24/h2-17,20,23,30-31,34H,1,18-19,21-22H2,(H,40,45)(H,38,39,43)/t30?,34-,37?/m1/s1. The molecule has 2 N–H and O–H groups in total. The van der Waals surface area contributed by atoms with Crippen LogP contribution in [-0.2, 0) is 44.9 Å². The predicted molar refractivity (Wildman–Crippen MR) is 194 cm³/mol. The highest BCUT2D eigenvalue weighted by atomic mass is 32.2. The maximum Gasteiger partial charge on any atom is 0.347 e. The molecule has 0 radical (unpaired) electrons. The number of hydrogen-bond acceptors (Lipinski definition) is 12. The fraction of sp³-hybridized carbons (Fsp3) is 0.216. The number of benzene rings is 3. The summed E-state index contributed by atoms with van der Waals surface area (Å²) in [5.74, 6) is -2.22. The average molecular weight is 740 g/mol. The second-order valence-electron chi connectivity index (χ2n) is 11.7. The lowest BCUT2D eigenvalue weighted by Gasteiger charge is -2.53. The van der Waals surface area contributed by atoms with Crippen LogP contribution >= 0.6 is 23.1 Å². The third-order valence-electron chi connectivity index (χ3n) is 8.34. The van der Waals surface area contributed by atoms with Crippen LogP contribution in [0.15, 0.2) is 114 Å². The molecule has 13 nitrogen and oxygen atoms in total. The molecule has 2 saturated heterocycles. The largest absolute Gasteiger partial charge is 0.458 e. The van der Waals surface area contributed by atoms with Gasteiger partial charge in [-0.1, -0.05) is 102 Å². The number of oxime groups is 1. The first-order chi connectivity index (χ1) is 25.3. The molecule has 3 aromatic carbocycles. The Bertz CT molecular complexity index is 1920. The van der Waals surface area contributed by atoms with Crippen LogP contribution in [0.2, 0.25) is 0 Å². The molecule has 4 aromatic rings. The van der Waals surface area contributed by atoms with E-state index in [-0.39, 0.29) is 35.4 Å². The van der Waals surface area contributed by atoms with Crippen LogP contribution in [0, 0.1) is 5.41 Å². The molecular weight excluding hydrogens is 707 g/mol. The minimum absolute atomic E-state index is 0.0104. The van der Waals surface area contributed by atoms with E-state index >= 15 is 0 Å². The van der Waals surface area contributed by atoms with Gasteiger partial charge in [-0.15, -0.1) is 29.7 Å². The zero-order valence-electron chi connectivity index (χ0n) is 27.6. The molecule has 2 fully saturated rings. The van der Waals surface area contributed by atoms with Gasteiger partial charge in [-0.3, -0.25) is 19.2 Å². The summed E-state index contributed by atoms with van der Waals surface area (Å²) >= 11 is 2.35. The molecule has 0 aliphatic carbocycles. The third kappa shape index (κ3) is 8.05. The summed E-state index contributed by atoms with van der Waals surface area (Å²) in [6.45, 7) is 3.36. The summed E-state index contributed by atoms with van der Waals surface area (Å²) in [4.78, 5) is 75.1. The monoisotopic (exact) mass is 739 g/mol. The Hall–Kier alpha value is -5.80. The minimum Gasteiger partial charge on any atom is -0.458 e. The predicted octanol–water partition coefficient (Wildman–Crippen LogP) is 4.08. The number of nitrogens with one attached hydrogen (secondary N) is 2.